The maximum atomic E-state index is 13.1. The molecule has 0 fully saturated rings. The molecule has 7 heteroatoms. The number of fused-ring (bicyclic) bond motifs is 1. The van der Waals surface area contributed by atoms with E-state index in [1.807, 2.05) is 32.0 Å². The fourth-order valence-corrected chi connectivity index (χ4v) is 2.76. The van der Waals surface area contributed by atoms with E-state index in [4.69, 9.17) is 4.74 Å². The highest BCUT2D eigenvalue weighted by atomic mass is 16.5. The number of carbonyl (C=O) groups excluding carboxylic acids is 2. The van der Waals surface area contributed by atoms with Crippen LogP contribution in [0.25, 0.3) is 0 Å². The van der Waals surface area contributed by atoms with Gasteiger partial charge in [-0.15, -0.1) is 0 Å². The Balaban J connectivity index is 2.00. The third-order valence-corrected chi connectivity index (χ3v) is 3.94. The summed E-state index contributed by atoms with van der Waals surface area (Å²) in [5.41, 5.74) is 1.14. The van der Waals surface area contributed by atoms with Crippen molar-refractivity contribution in [3.63, 3.8) is 0 Å². The van der Waals surface area contributed by atoms with E-state index in [1.54, 1.807) is 35.0 Å². The van der Waals surface area contributed by atoms with Crippen molar-refractivity contribution in [1.29, 1.82) is 0 Å². The zero-order valence-corrected chi connectivity index (χ0v) is 13.9. The van der Waals surface area contributed by atoms with Gasteiger partial charge in [0.1, 0.15) is 11.4 Å². The lowest BCUT2D eigenvalue weighted by Crippen LogP contribution is -2.50. The van der Waals surface area contributed by atoms with Crippen molar-refractivity contribution in [2.24, 2.45) is 0 Å². The standard InChI is InChI=1S/C17H20N4O3/c1-11(2)21-13(8-9-19-21)17(23)20-10-15(16(22)18-3)24-14-7-5-4-6-12(14)20/h4-9,11,15H,10H2,1-3H3,(H,18,22). The Morgan fingerprint density at radius 3 is 2.75 bits per heavy atom. The second-order valence-electron chi connectivity index (χ2n) is 5.86. The molecule has 0 aliphatic carbocycles. The summed E-state index contributed by atoms with van der Waals surface area (Å²) in [4.78, 5) is 26.7. The number of hydrogen-bond acceptors (Lipinski definition) is 4. The van der Waals surface area contributed by atoms with E-state index in [0.717, 1.165) is 0 Å². The molecule has 2 aromatic rings. The number of hydrogen-bond donors (Lipinski definition) is 1. The minimum absolute atomic E-state index is 0.0602. The third kappa shape index (κ3) is 2.73. The van der Waals surface area contributed by atoms with Gasteiger partial charge in [0.15, 0.2) is 6.10 Å². The van der Waals surface area contributed by atoms with E-state index in [-0.39, 0.29) is 24.4 Å². The van der Waals surface area contributed by atoms with Gasteiger partial charge >= 0.3 is 0 Å². The monoisotopic (exact) mass is 328 g/mol. The molecule has 1 aromatic heterocycles. The summed E-state index contributed by atoms with van der Waals surface area (Å²) in [5, 5.41) is 6.79. The normalized spacial score (nSPS) is 16.5. The maximum absolute atomic E-state index is 13.1. The molecule has 1 N–H and O–H groups in total. The second-order valence-corrected chi connectivity index (χ2v) is 5.86. The molecule has 1 aliphatic rings. The lowest BCUT2D eigenvalue weighted by atomic mass is 10.1. The molecule has 2 heterocycles. The molecule has 0 saturated carbocycles. The SMILES string of the molecule is CNC(=O)C1CN(C(=O)c2ccnn2C(C)C)c2ccccc2O1. The molecule has 0 saturated heterocycles. The molecule has 0 spiro atoms. The zero-order chi connectivity index (χ0) is 17.3. The van der Waals surface area contributed by atoms with Crippen LogP contribution in [0.2, 0.25) is 0 Å². The summed E-state index contributed by atoms with van der Waals surface area (Å²) in [6.07, 6.45) is 0.861. The van der Waals surface area contributed by atoms with Crippen LogP contribution in [-0.2, 0) is 4.79 Å². The average Bonchev–Trinajstić information content (AvgIpc) is 3.09. The lowest BCUT2D eigenvalue weighted by Gasteiger charge is -2.34. The van der Waals surface area contributed by atoms with Crippen molar-refractivity contribution in [3.05, 3.63) is 42.2 Å². The molecular formula is C17H20N4O3. The molecule has 126 valence electrons. The Kier molecular flexibility index (Phi) is 4.24. The predicted octanol–water partition coefficient (Wildman–Crippen LogP) is 1.62. The second kappa shape index (κ2) is 6.35. The molecule has 3 rings (SSSR count). The molecule has 2 amide bonds. The number of amides is 2. The molecule has 0 bridgehead atoms. The maximum Gasteiger partial charge on any atom is 0.276 e. The van der Waals surface area contributed by atoms with Crippen LogP contribution in [-0.4, -0.2) is 41.3 Å². The summed E-state index contributed by atoms with van der Waals surface area (Å²) < 4.78 is 7.41. The van der Waals surface area contributed by atoms with Gasteiger partial charge in [0.25, 0.3) is 11.8 Å². The van der Waals surface area contributed by atoms with Gasteiger partial charge in [-0.1, -0.05) is 12.1 Å². The first-order valence-corrected chi connectivity index (χ1v) is 7.85. The minimum atomic E-state index is -0.746. The van der Waals surface area contributed by atoms with Crippen molar-refractivity contribution >= 4 is 17.5 Å². The Labute approximate surface area is 140 Å². The van der Waals surface area contributed by atoms with E-state index in [9.17, 15) is 9.59 Å². The summed E-state index contributed by atoms with van der Waals surface area (Å²) in [5.74, 6) is 0.0480. The van der Waals surface area contributed by atoms with Crippen LogP contribution in [0.5, 0.6) is 5.75 Å². The summed E-state index contributed by atoms with van der Waals surface area (Å²) in [6.45, 7) is 4.08. The van der Waals surface area contributed by atoms with E-state index in [2.05, 4.69) is 10.4 Å². The molecule has 0 radical (unpaired) electrons. The Morgan fingerprint density at radius 1 is 1.29 bits per heavy atom. The number of likely N-dealkylation sites (N-methyl/N-ethyl adjacent to an activating group) is 1. The van der Waals surface area contributed by atoms with Crippen molar-refractivity contribution < 1.29 is 14.3 Å². The molecular weight excluding hydrogens is 308 g/mol. The fourth-order valence-electron chi connectivity index (χ4n) is 2.76. The smallest absolute Gasteiger partial charge is 0.276 e. The van der Waals surface area contributed by atoms with Crippen LogP contribution in [0.4, 0.5) is 5.69 Å². The first-order valence-electron chi connectivity index (χ1n) is 7.85. The highest BCUT2D eigenvalue weighted by Gasteiger charge is 2.34. The molecule has 1 aromatic carbocycles. The quantitative estimate of drug-likeness (QED) is 0.929. The summed E-state index contributed by atoms with van der Waals surface area (Å²) in [6, 6.07) is 8.96. The van der Waals surface area contributed by atoms with E-state index in [0.29, 0.717) is 17.1 Å². The number of carbonyl (C=O) groups is 2. The number of nitrogens with zero attached hydrogens (tertiary/aromatic N) is 3. The van der Waals surface area contributed by atoms with Crippen LogP contribution >= 0.6 is 0 Å². The van der Waals surface area contributed by atoms with E-state index in [1.165, 1.54) is 0 Å². The Bertz CT molecular complexity index is 769. The topological polar surface area (TPSA) is 76.5 Å². The van der Waals surface area contributed by atoms with Gasteiger partial charge < -0.3 is 10.1 Å². The van der Waals surface area contributed by atoms with Crippen LogP contribution < -0.4 is 15.0 Å². The largest absolute Gasteiger partial charge is 0.477 e. The number of nitrogens with one attached hydrogen (secondary N) is 1. The number of para-hydroxylation sites is 2. The average molecular weight is 328 g/mol. The number of rotatable bonds is 3. The number of aromatic nitrogens is 2. The van der Waals surface area contributed by atoms with Gasteiger partial charge in [-0.2, -0.15) is 5.10 Å². The zero-order valence-electron chi connectivity index (χ0n) is 13.9. The number of ether oxygens (including phenoxy) is 1. The van der Waals surface area contributed by atoms with Gasteiger partial charge in [-0.3, -0.25) is 19.2 Å². The first-order chi connectivity index (χ1) is 11.5. The third-order valence-electron chi connectivity index (χ3n) is 3.94. The highest BCUT2D eigenvalue weighted by molar-refractivity contribution is 6.06. The molecule has 1 atom stereocenters. The van der Waals surface area contributed by atoms with Crippen LogP contribution in [0.3, 0.4) is 0 Å². The van der Waals surface area contributed by atoms with Crippen LogP contribution in [0, 0.1) is 0 Å². The van der Waals surface area contributed by atoms with Gasteiger partial charge in [-0.25, -0.2) is 0 Å². The van der Waals surface area contributed by atoms with Gasteiger partial charge in [0, 0.05) is 19.3 Å². The van der Waals surface area contributed by atoms with Crippen molar-refractivity contribution in [3.8, 4) is 5.75 Å². The van der Waals surface area contributed by atoms with Crippen molar-refractivity contribution in [1.82, 2.24) is 15.1 Å². The molecule has 7 nitrogen and oxygen atoms in total. The molecule has 24 heavy (non-hydrogen) atoms. The molecule has 1 aliphatic heterocycles. The highest BCUT2D eigenvalue weighted by Crippen LogP contribution is 2.34. The van der Waals surface area contributed by atoms with Crippen LogP contribution in [0.1, 0.15) is 30.4 Å². The van der Waals surface area contributed by atoms with Gasteiger partial charge in [0.05, 0.1) is 12.2 Å². The first kappa shape index (κ1) is 16.0. The summed E-state index contributed by atoms with van der Waals surface area (Å²) >= 11 is 0. The molecule has 1 unspecified atom stereocenters. The predicted molar refractivity (Wildman–Crippen MR) is 89.2 cm³/mol. The van der Waals surface area contributed by atoms with Gasteiger partial charge in [-0.05, 0) is 32.0 Å². The van der Waals surface area contributed by atoms with Crippen molar-refractivity contribution in [2.75, 3.05) is 18.5 Å². The van der Waals surface area contributed by atoms with Crippen molar-refractivity contribution in [2.45, 2.75) is 26.0 Å². The lowest BCUT2D eigenvalue weighted by molar-refractivity contribution is -0.127. The van der Waals surface area contributed by atoms with E-state index >= 15 is 0 Å². The van der Waals surface area contributed by atoms with Crippen LogP contribution in [0.15, 0.2) is 36.5 Å². The Hall–Kier alpha value is -2.83. The van der Waals surface area contributed by atoms with Gasteiger partial charge in [0.2, 0.25) is 0 Å². The van der Waals surface area contributed by atoms with E-state index < -0.39 is 6.10 Å². The number of benzene rings is 1. The fraction of sp³-hybridized carbons (Fsp3) is 0.353. The Morgan fingerprint density at radius 2 is 2.04 bits per heavy atom. The summed E-state index contributed by atoms with van der Waals surface area (Å²) in [7, 11) is 1.55. The minimum Gasteiger partial charge on any atom is -0.477 e. The number of anilines is 1.